The fourth-order valence-corrected chi connectivity index (χ4v) is 3.05. The average molecular weight is 373 g/mol. The lowest BCUT2D eigenvalue weighted by atomic mass is 10.1. The number of nitrogens with zero attached hydrogens (tertiary/aromatic N) is 3. The third-order valence-electron chi connectivity index (χ3n) is 3.66. The van der Waals surface area contributed by atoms with Crippen LogP contribution >= 0.6 is 11.3 Å². The van der Waals surface area contributed by atoms with Crippen molar-refractivity contribution in [2.75, 3.05) is 6.54 Å². The Bertz CT molecular complexity index is 923. The van der Waals surface area contributed by atoms with Crippen molar-refractivity contribution in [1.82, 2.24) is 20.1 Å². The standard InChI is InChI=1S/C17H16FN5O2S/c18-14-4-2-1-3-12(14)16-13(17(25)21-6-5-15(19)24)8-22-23(16)9-11-7-20-10-26-11/h1-4,7-8,10H,5-6,9H2,(H2,19,24)(H,21,25). The zero-order chi connectivity index (χ0) is 18.5. The molecule has 0 aliphatic carbocycles. The Labute approximate surface area is 152 Å². The minimum Gasteiger partial charge on any atom is -0.370 e. The fraction of sp³-hybridized carbons (Fsp3) is 0.176. The molecule has 3 aromatic rings. The van der Waals surface area contributed by atoms with Crippen molar-refractivity contribution in [2.45, 2.75) is 13.0 Å². The molecular formula is C17H16FN5O2S. The van der Waals surface area contributed by atoms with Gasteiger partial charge in [-0.05, 0) is 12.1 Å². The molecule has 3 rings (SSSR count). The SMILES string of the molecule is NC(=O)CCNC(=O)c1cnn(Cc2cncs2)c1-c1ccccc1F. The van der Waals surface area contributed by atoms with Gasteiger partial charge in [-0.25, -0.2) is 4.39 Å². The molecule has 7 nitrogen and oxygen atoms in total. The summed E-state index contributed by atoms with van der Waals surface area (Å²) in [7, 11) is 0. The molecule has 2 heterocycles. The normalized spacial score (nSPS) is 10.7. The molecule has 0 spiro atoms. The maximum atomic E-state index is 14.4. The predicted molar refractivity (Wildman–Crippen MR) is 95.0 cm³/mol. The molecule has 0 saturated heterocycles. The zero-order valence-corrected chi connectivity index (χ0v) is 14.5. The van der Waals surface area contributed by atoms with Crippen LogP contribution in [0.4, 0.5) is 4.39 Å². The van der Waals surface area contributed by atoms with Crippen LogP contribution < -0.4 is 11.1 Å². The number of amides is 2. The molecular weight excluding hydrogens is 357 g/mol. The van der Waals surface area contributed by atoms with Crippen molar-refractivity contribution >= 4 is 23.2 Å². The first kappa shape index (κ1) is 17.7. The second-order valence-electron chi connectivity index (χ2n) is 5.48. The maximum Gasteiger partial charge on any atom is 0.255 e. The monoisotopic (exact) mass is 373 g/mol. The van der Waals surface area contributed by atoms with Crippen LogP contribution in [0.25, 0.3) is 11.3 Å². The average Bonchev–Trinajstić information content (AvgIpc) is 3.25. The lowest BCUT2D eigenvalue weighted by Gasteiger charge is -2.10. The first-order chi connectivity index (χ1) is 12.6. The van der Waals surface area contributed by atoms with Gasteiger partial charge in [0.1, 0.15) is 5.82 Å². The van der Waals surface area contributed by atoms with Gasteiger partial charge >= 0.3 is 0 Å². The summed E-state index contributed by atoms with van der Waals surface area (Å²) in [4.78, 5) is 28.3. The molecule has 1 aromatic carbocycles. The summed E-state index contributed by atoms with van der Waals surface area (Å²) in [6.07, 6.45) is 3.11. The molecule has 0 unspecified atom stereocenters. The molecule has 9 heteroatoms. The zero-order valence-electron chi connectivity index (χ0n) is 13.7. The largest absolute Gasteiger partial charge is 0.370 e. The van der Waals surface area contributed by atoms with Crippen LogP contribution in [0.2, 0.25) is 0 Å². The molecule has 0 atom stereocenters. The van der Waals surface area contributed by atoms with Crippen molar-refractivity contribution in [3.63, 3.8) is 0 Å². The van der Waals surface area contributed by atoms with Crippen LogP contribution in [-0.2, 0) is 11.3 Å². The highest BCUT2D eigenvalue weighted by molar-refractivity contribution is 7.09. The second kappa shape index (κ2) is 7.87. The van der Waals surface area contributed by atoms with Gasteiger partial charge in [0.05, 0.1) is 29.5 Å². The molecule has 134 valence electrons. The molecule has 0 fully saturated rings. The molecule has 26 heavy (non-hydrogen) atoms. The first-order valence-electron chi connectivity index (χ1n) is 7.81. The van der Waals surface area contributed by atoms with Crippen molar-refractivity contribution in [3.05, 3.63) is 58.4 Å². The Kier molecular flexibility index (Phi) is 5.37. The minimum absolute atomic E-state index is 0.0236. The van der Waals surface area contributed by atoms with Crippen molar-refractivity contribution < 1.29 is 14.0 Å². The number of carbonyl (C=O) groups is 2. The number of primary amides is 1. The van der Waals surface area contributed by atoms with Gasteiger partial charge in [-0.15, -0.1) is 11.3 Å². The van der Waals surface area contributed by atoms with E-state index >= 15 is 0 Å². The van der Waals surface area contributed by atoms with Gasteiger partial charge in [0.15, 0.2) is 0 Å². The Morgan fingerprint density at radius 1 is 1.27 bits per heavy atom. The summed E-state index contributed by atoms with van der Waals surface area (Å²) in [5.74, 6) is -1.41. The molecule has 0 bridgehead atoms. The number of rotatable bonds is 7. The lowest BCUT2D eigenvalue weighted by Crippen LogP contribution is -2.28. The Hall–Kier alpha value is -3.07. The van der Waals surface area contributed by atoms with Crippen LogP contribution in [0, 0.1) is 5.82 Å². The number of hydrogen-bond donors (Lipinski definition) is 2. The highest BCUT2D eigenvalue weighted by Gasteiger charge is 2.21. The van der Waals surface area contributed by atoms with Crippen LogP contribution in [0.3, 0.4) is 0 Å². The molecule has 0 aliphatic rings. The van der Waals surface area contributed by atoms with E-state index in [0.717, 1.165) is 4.88 Å². The third-order valence-corrected chi connectivity index (χ3v) is 4.42. The third kappa shape index (κ3) is 3.94. The highest BCUT2D eigenvalue weighted by Crippen LogP contribution is 2.27. The van der Waals surface area contributed by atoms with E-state index in [1.54, 1.807) is 34.6 Å². The van der Waals surface area contributed by atoms with Crippen LogP contribution in [0.15, 0.2) is 42.2 Å². The van der Waals surface area contributed by atoms with E-state index in [0.29, 0.717) is 12.2 Å². The number of aromatic nitrogens is 3. The van der Waals surface area contributed by atoms with E-state index in [1.807, 2.05) is 0 Å². The quantitative estimate of drug-likeness (QED) is 0.659. The lowest BCUT2D eigenvalue weighted by molar-refractivity contribution is -0.117. The number of nitrogens with one attached hydrogen (secondary N) is 1. The minimum atomic E-state index is -0.513. The molecule has 0 aliphatic heterocycles. The Morgan fingerprint density at radius 2 is 2.08 bits per heavy atom. The molecule has 2 aromatic heterocycles. The molecule has 2 amide bonds. The van der Waals surface area contributed by atoms with Gasteiger partial charge in [-0.3, -0.25) is 19.3 Å². The molecule has 0 radical (unpaired) electrons. The van der Waals surface area contributed by atoms with Gasteiger partial charge in [-0.1, -0.05) is 12.1 Å². The van der Waals surface area contributed by atoms with E-state index in [1.165, 1.54) is 23.6 Å². The van der Waals surface area contributed by atoms with Gasteiger partial charge < -0.3 is 11.1 Å². The Balaban J connectivity index is 1.96. The number of thiazole rings is 1. The summed E-state index contributed by atoms with van der Waals surface area (Å²) in [6.45, 7) is 0.466. The van der Waals surface area contributed by atoms with Crippen LogP contribution in [0.5, 0.6) is 0 Å². The number of hydrogen-bond acceptors (Lipinski definition) is 5. The summed E-state index contributed by atoms with van der Waals surface area (Å²) < 4.78 is 15.9. The van der Waals surface area contributed by atoms with Gasteiger partial charge in [0, 0.05) is 29.6 Å². The van der Waals surface area contributed by atoms with E-state index < -0.39 is 17.6 Å². The van der Waals surface area contributed by atoms with Crippen molar-refractivity contribution in [1.29, 1.82) is 0 Å². The van der Waals surface area contributed by atoms with E-state index in [4.69, 9.17) is 5.73 Å². The predicted octanol–water partition coefficient (Wildman–Crippen LogP) is 1.80. The number of halogens is 1. The topological polar surface area (TPSA) is 103 Å². The van der Waals surface area contributed by atoms with Crippen LogP contribution in [-0.4, -0.2) is 33.1 Å². The number of carbonyl (C=O) groups excluding carboxylic acids is 2. The van der Waals surface area contributed by atoms with E-state index in [-0.39, 0.29) is 24.1 Å². The van der Waals surface area contributed by atoms with Gasteiger partial charge in [0.2, 0.25) is 5.91 Å². The van der Waals surface area contributed by atoms with Crippen molar-refractivity contribution in [3.8, 4) is 11.3 Å². The molecule has 0 saturated carbocycles. The van der Waals surface area contributed by atoms with Gasteiger partial charge in [0.25, 0.3) is 5.91 Å². The molecule has 3 N–H and O–H groups in total. The summed E-state index contributed by atoms with van der Waals surface area (Å²) in [6, 6.07) is 6.19. The Morgan fingerprint density at radius 3 is 2.77 bits per heavy atom. The van der Waals surface area contributed by atoms with Gasteiger partial charge in [-0.2, -0.15) is 5.10 Å². The second-order valence-corrected chi connectivity index (χ2v) is 6.46. The fourth-order valence-electron chi connectivity index (χ4n) is 2.47. The summed E-state index contributed by atoms with van der Waals surface area (Å²) in [5, 5.41) is 6.86. The number of benzene rings is 1. The van der Waals surface area contributed by atoms with E-state index in [2.05, 4.69) is 15.4 Å². The van der Waals surface area contributed by atoms with E-state index in [9.17, 15) is 14.0 Å². The summed E-state index contributed by atoms with van der Waals surface area (Å²) in [5.41, 5.74) is 7.64. The first-order valence-corrected chi connectivity index (χ1v) is 8.69. The van der Waals surface area contributed by atoms with Crippen molar-refractivity contribution in [2.24, 2.45) is 5.73 Å². The maximum absolute atomic E-state index is 14.4. The smallest absolute Gasteiger partial charge is 0.255 e. The number of nitrogens with two attached hydrogens (primary N) is 1. The highest BCUT2D eigenvalue weighted by atomic mass is 32.1. The van der Waals surface area contributed by atoms with Crippen LogP contribution in [0.1, 0.15) is 21.7 Å². The summed E-state index contributed by atoms with van der Waals surface area (Å²) >= 11 is 1.44.